The lowest BCUT2D eigenvalue weighted by Crippen LogP contribution is -2.42. The third-order valence-electron chi connectivity index (χ3n) is 5.81. The molecule has 0 saturated heterocycles. The Hall–Kier alpha value is -4.01. The largest absolute Gasteiger partial charge is 0.444 e. The number of alkyl carbamates (subject to hydrolysis) is 1. The Bertz CT molecular complexity index is 1300. The molecule has 0 radical (unpaired) electrons. The van der Waals surface area contributed by atoms with Crippen molar-refractivity contribution in [3.05, 3.63) is 101 Å². The molecule has 0 aromatic heterocycles. The number of amides is 1. The summed E-state index contributed by atoms with van der Waals surface area (Å²) in [6.07, 6.45) is -0.782. The number of rotatable bonds is 10. The number of ether oxygens (including phenoxy) is 3. The molecule has 8 nitrogen and oxygen atoms in total. The van der Waals surface area contributed by atoms with E-state index in [1.165, 1.54) is 0 Å². The highest BCUT2D eigenvalue weighted by atomic mass is 16.7. The first-order valence-corrected chi connectivity index (χ1v) is 12.5. The van der Waals surface area contributed by atoms with Crippen molar-refractivity contribution in [2.75, 3.05) is 25.3 Å². The van der Waals surface area contributed by atoms with Gasteiger partial charge in [0.1, 0.15) is 18.6 Å². The summed E-state index contributed by atoms with van der Waals surface area (Å²) in [4.78, 5) is 38.3. The fourth-order valence-corrected chi connectivity index (χ4v) is 4.16. The lowest BCUT2D eigenvalue weighted by molar-refractivity contribution is -0.0963. The minimum absolute atomic E-state index is 0.0628. The van der Waals surface area contributed by atoms with Gasteiger partial charge in [0.05, 0.1) is 12.2 Å². The van der Waals surface area contributed by atoms with Crippen LogP contribution < -0.4 is 10.6 Å². The number of anilines is 1. The van der Waals surface area contributed by atoms with Crippen molar-refractivity contribution >= 4 is 23.3 Å². The number of hydrogen-bond acceptors (Lipinski definition) is 7. The Morgan fingerprint density at radius 2 is 1.50 bits per heavy atom. The van der Waals surface area contributed by atoms with Crippen LogP contribution in [-0.4, -0.2) is 49.4 Å². The molecule has 0 unspecified atom stereocenters. The zero-order valence-electron chi connectivity index (χ0n) is 21.8. The molecule has 0 spiro atoms. The predicted octanol–water partition coefficient (Wildman–Crippen LogP) is 4.96. The molecule has 0 aliphatic heterocycles. The molecular weight excluding hydrogens is 484 g/mol. The molecule has 4 rings (SSSR count). The minimum atomic E-state index is -0.648. The van der Waals surface area contributed by atoms with E-state index in [1.54, 1.807) is 63.2 Å². The lowest BCUT2D eigenvalue weighted by atomic mass is 9.83. The van der Waals surface area contributed by atoms with Gasteiger partial charge in [0.25, 0.3) is 0 Å². The van der Waals surface area contributed by atoms with Gasteiger partial charge in [-0.05, 0) is 32.4 Å². The van der Waals surface area contributed by atoms with Gasteiger partial charge in [-0.15, -0.1) is 0 Å². The fourth-order valence-electron chi connectivity index (χ4n) is 4.16. The molecule has 198 valence electrons. The van der Waals surface area contributed by atoms with Crippen LogP contribution in [0.15, 0.2) is 72.8 Å². The topological polar surface area (TPSA) is 103 Å². The minimum Gasteiger partial charge on any atom is -0.444 e. The van der Waals surface area contributed by atoms with Gasteiger partial charge in [-0.2, -0.15) is 0 Å². The monoisotopic (exact) mass is 516 g/mol. The highest BCUT2D eigenvalue weighted by Gasteiger charge is 2.31. The molecule has 38 heavy (non-hydrogen) atoms. The van der Waals surface area contributed by atoms with Crippen LogP contribution in [-0.2, 0) is 20.6 Å². The molecular formula is C30H32N2O6. The van der Waals surface area contributed by atoms with Crippen LogP contribution in [0.2, 0.25) is 0 Å². The van der Waals surface area contributed by atoms with Gasteiger partial charge in [0.2, 0.25) is 0 Å². The quantitative estimate of drug-likeness (QED) is 0.227. The maximum absolute atomic E-state index is 13.1. The van der Waals surface area contributed by atoms with Gasteiger partial charge in [0.15, 0.2) is 11.6 Å². The second-order valence-corrected chi connectivity index (χ2v) is 9.88. The standard InChI is InChI=1S/C30H32N2O6/c1-30(2,3)38-29(35)32-25(18-20-10-5-4-6-11-20)37-19-36-17-16-31-24-15-9-14-23-26(24)28(34)22-13-8-7-12-21(22)27(23)33/h4-15,25,31H,16-19H2,1-3H3,(H,32,35)/t25-/m1/s1. The number of ketones is 2. The van der Waals surface area contributed by atoms with E-state index in [9.17, 15) is 14.4 Å². The third kappa shape index (κ3) is 6.85. The van der Waals surface area contributed by atoms with Gasteiger partial charge >= 0.3 is 6.09 Å². The summed E-state index contributed by atoms with van der Waals surface area (Å²) < 4.78 is 16.8. The molecule has 0 saturated carbocycles. The van der Waals surface area contributed by atoms with Crippen LogP contribution in [0.4, 0.5) is 10.5 Å². The van der Waals surface area contributed by atoms with Crippen molar-refractivity contribution in [2.45, 2.75) is 39.0 Å². The molecule has 3 aromatic carbocycles. The summed E-state index contributed by atoms with van der Waals surface area (Å²) in [7, 11) is 0. The number of carbonyl (C=O) groups excluding carboxylic acids is 3. The van der Waals surface area contributed by atoms with Gasteiger partial charge in [0, 0.05) is 35.3 Å². The number of fused-ring (bicyclic) bond motifs is 2. The van der Waals surface area contributed by atoms with Gasteiger partial charge in [-0.3, -0.25) is 14.9 Å². The average molecular weight is 517 g/mol. The molecule has 1 aliphatic carbocycles. The molecule has 1 atom stereocenters. The molecule has 0 bridgehead atoms. The van der Waals surface area contributed by atoms with E-state index in [4.69, 9.17) is 14.2 Å². The molecule has 8 heteroatoms. The van der Waals surface area contributed by atoms with Gasteiger partial charge < -0.3 is 19.5 Å². The number of nitrogens with one attached hydrogen (secondary N) is 2. The number of carbonyl (C=O) groups is 3. The van der Waals surface area contributed by atoms with E-state index >= 15 is 0 Å². The maximum atomic E-state index is 13.1. The Morgan fingerprint density at radius 1 is 0.842 bits per heavy atom. The normalized spacial score (nSPS) is 13.3. The number of benzene rings is 3. The summed E-state index contributed by atoms with van der Waals surface area (Å²) in [6, 6.07) is 21.7. The SMILES string of the molecule is CC(C)(C)OC(=O)N[C@@H](Cc1ccccc1)OCOCCNc1cccc2c1C(=O)c1ccccc1C2=O. The van der Waals surface area contributed by atoms with Crippen LogP contribution in [0.3, 0.4) is 0 Å². The van der Waals surface area contributed by atoms with Crippen LogP contribution in [0.5, 0.6) is 0 Å². The van der Waals surface area contributed by atoms with E-state index in [0.717, 1.165) is 5.56 Å². The first-order valence-electron chi connectivity index (χ1n) is 12.5. The van der Waals surface area contributed by atoms with Gasteiger partial charge in [-0.1, -0.05) is 66.7 Å². The van der Waals surface area contributed by atoms with Crippen molar-refractivity contribution in [1.82, 2.24) is 5.32 Å². The van der Waals surface area contributed by atoms with Crippen molar-refractivity contribution in [3.63, 3.8) is 0 Å². The van der Waals surface area contributed by atoms with Crippen LogP contribution in [0.25, 0.3) is 0 Å². The zero-order chi connectivity index (χ0) is 27.1. The molecule has 2 N–H and O–H groups in total. The molecule has 0 fully saturated rings. The van der Waals surface area contributed by atoms with Crippen LogP contribution >= 0.6 is 0 Å². The van der Waals surface area contributed by atoms with E-state index < -0.39 is 17.9 Å². The second-order valence-electron chi connectivity index (χ2n) is 9.88. The van der Waals surface area contributed by atoms with Crippen molar-refractivity contribution < 1.29 is 28.6 Å². The summed E-state index contributed by atoms with van der Waals surface area (Å²) in [5.41, 5.74) is 2.53. The Balaban J connectivity index is 1.30. The number of hydrogen-bond donors (Lipinski definition) is 2. The Morgan fingerprint density at radius 3 is 2.21 bits per heavy atom. The lowest BCUT2D eigenvalue weighted by Gasteiger charge is -2.24. The highest BCUT2D eigenvalue weighted by molar-refractivity contribution is 6.30. The summed E-state index contributed by atoms with van der Waals surface area (Å²) >= 11 is 0. The van der Waals surface area contributed by atoms with E-state index in [0.29, 0.717) is 40.9 Å². The van der Waals surface area contributed by atoms with E-state index in [2.05, 4.69) is 10.6 Å². The summed E-state index contributed by atoms with van der Waals surface area (Å²) in [5.74, 6) is -0.343. The fraction of sp³-hybridized carbons (Fsp3) is 0.300. The Kier molecular flexibility index (Phi) is 8.55. The molecule has 3 aromatic rings. The second kappa shape index (κ2) is 12.0. The van der Waals surface area contributed by atoms with Crippen LogP contribution in [0.1, 0.15) is 58.2 Å². The van der Waals surface area contributed by atoms with Gasteiger partial charge in [-0.25, -0.2) is 4.79 Å². The smallest absolute Gasteiger partial charge is 0.409 e. The van der Waals surface area contributed by atoms with Crippen molar-refractivity contribution in [3.8, 4) is 0 Å². The Labute approximate surface area is 222 Å². The summed E-state index contributed by atoms with van der Waals surface area (Å²) in [5, 5.41) is 5.94. The third-order valence-corrected chi connectivity index (χ3v) is 5.81. The molecule has 1 amide bonds. The maximum Gasteiger partial charge on any atom is 0.409 e. The molecule has 0 heterocycles. The van der Waals surface area contributed by atoms with E-state index in [-0.39, 0.29) is 25.0 Å². The first kappa shape index (κ1) is 27.0. The highest BCUT2D eigenvalue weighted by Crippen LogP contribution is 2.31. The van der Waals surface area contributed by atoms with Crippen molar-refractivity contribution in [2.24, 2.45) is 0 Å². The van der Waals surface area contributed by atoms with Crippen LogP contribution in [0, 0.1) is 0 Å². The summed E-state index contributed by atoms with van der Waals surface area (Å²) in [6.45, 7) is 5.97. The zero-order valence-corrected chi connectivity index (χ0v) is 21.8. The average Bonchev–Trinajstić information content (AvgIpc) is 2.88. The predicted molar refractivity (Wildman–Crippen MR) is 143 cm³/mol. The van der Waals surface area contributed by atoms with Crippen molar-refractivity contribution in [1.29, 1.82) is 0 Å². The van der Waals surface area contributed by atoms with E-state index in [1.807, 2.05) is 30.3 Å². The first-order chi connectivity index (χ1) is 18.2. The molecule has 1 aliphatic rings.